The number of ether oxygens (including phenoxy) is 2. The maximum Gasteiger partial charge on any atom is 0.341 e. The first-order valence-electron chi connectivity index (χ1n) is 6.78. The smallest absolute Gasteiger partial charge is 0.341 e. The minimum atomic E-state index is -0.823. The number of halogens is 4. The van der Waals surface area contributed by atoms with Crippen molar-refractivity contribution in [1.82, 2.24) is 4.98 Å². The van der Waals surface area contributed by atoms with Crippen LogP contribution in [0.5, 0.6) is 11.5 Å². The first kappa shape index (κ1) is 18.8. The fourth-order valence-electron chi connectivity index (χ4n) is 1.68. The predicted octanol–water partition coefficient (Wildman–Crippen LogP) is 5.93. The lowest BCUT2D eigenvalue weighted by molar-refractivity contribution is 0.00647. The van der Waals surface area contributed by atoms with Gasteiger partial charge in [0.05, 0.1) is 21.8 Å². The van der Waals surface area contributed by atoms with E-state index in [1.807, 2.05) is 0 Å². The van der Waals surface area contributed by atoms with Gasteiger partial charge in [0, 0.05) is 12.1 Å². The van der Waals surface area contributed by atoms with E-state index in [0.717, 1.165) is 12.1 Å². The molecule has 0 aliphatic heterocycles. The molecule has 0 saturated heterocycles. The molecule has 0 atom stereocenters. The Morgan fingerprint density at radius 3 is 2.38 bits per heavy atom. The molecule has 4 nitrogen and oxygen atoms in total. The molecule has 0 fully saturated rings. The molecule has 0 radical (unpaired) electrons. The van der Waals surface area contributed by atoms with Crippen LogP contribution in [0.4, 0.5) is 4.39 Å². The van der Waals surface area contributed by atoms with Crippen LogP contribution in [-0.4, -0.2) is 16.6 Å². The molecule has 0 unspecified atom stereocenters. The van der Waals surface area contributed by atoms with E-state index in [1.54, 1.807) is 20.8 Å². The first-order valence-corrected chi connectivity index (χ1v) is 7.91. The largest absolute Gasteiger partial charge is 0.456 e. The van der Waals surface area contributed by atoms with Crippen LogP contribution < -0.4 is 4.74 Å². The Balaban J connectivity index is 2.29. The SMILES string of the molecule is CC(C)(C)OC(=O)c1cc(Cl)c(Oc2cnc(Cl)c(Cl)c2)cc1F. The normalized spacial score (nSPS) is 11.3. The van der Waals surface area contributed by atoms with E-state index in [1.165, 1.54) is 12.3 Å². The average molecular weight is 393 g/mol. The molecular weight excluding hydrogens is 380 g/mol. The van der Waals surface area contributed by atoms with E-state index >= 15 is 0 Å². The van der Waals surface area contributed by atoms with Crippen molar-refractivity contribution in [3.8, 4) is 11.5 Å². The zero-order valence-corrected chi connectivity index (χ0v) is 15.3. The van der Waals surface area contributed by atoms with E-state index in [4.69, 9.17) is 44.3 Å². The van der Waals surface area contributed by atoms with Gasteiger partial charge in [0.25, 0.3) is 0 Å². The van der Waals surface area contributed by atoms with E-state index in [0.29, 0.717) is 0 Å². The Labute approximate surface area is 153 Å². The number of pyridine rings is 1. The molecule has 0 saturated carbocycles. The maximum absolute atomic E-state index is 14.2. The molecule has 0 aliphatic carbocycles. The number of rotatable bonds is 3. The van der Waals surface area contributed by atoms with Gasteiger partial charge in [-0.3, -0.25) is 0 Å². The molecule has 0 N–H and O–H groups in total. The molecule has 0 amide bonds. The summed E-state index contributed by atoms with van der Waals surface area (Å²) in [6, 6.07) is 3.54. The summed E-state index contributed by atoms with van der Waals surface area (Å²) in [6.45, 7) is 5.04. The summed E-state index contributed by atoms with van der Waals surface area (Å²) in [4.78, 5) is 15.8. The Kier molecular flexibility index (Phi) is 5.58. The van der Waals surface area contributed by atoms with Crippen molar-refractivity contribution < 1.29 is 18.7 Å². The second-order valence-corrected chi connectivity index (χ2v) is 6.98. The minimum Gasteiger partial charge on any atom is -0.456 e. The molecule has 0 bridgehead atoms. The van der Waals surface area contributed by atoms with E-state index in [-0.39, 0.29) is 32.3 Å². The summed E-state index contributed by atoms with van der Waals surface area (Å²) in [5, 5.41) is 0.320. The quantitative estimate of drug-likeness (QED) is 0.480. The van der Waals surface area contributed by atoms with Gasteiger partial charge < -0.3 is 9.47 Å². The van der Waals surface area contributed by atoms with Crippen molar-refractivity contribution in [2.75, 3.05) is 0 Å². The molecule has 0 aliphatic rings. The van der Waals surface area contributed by atoms with Gasteiger partial charge >= 0.3 is 5.97 Å². The zero-order valence-electron chi connectivity index (χ0n) is 13.0. The highest BCUT2D eigenvalue weighted by atomic mass is 35.5. The average Bonchev–Trinajstić information content (AvgIpc) is 2.44. The molecule has 8 heteroatoms. The standard InChI is InChI=1S/C16H13Cl3FNO3/c1-16(2,3)24-15(22)9-5-10(17)13(6-12(9)20)23-8-4-11(18)14(19)21-7-8/h4-7H,1-3H3. The predicted molar refractivity (Wildman–Crippen MR) is 90.9 cm³/mol. The van der Waals surface area contributed by atoms with Gasteiger partial charge in [-0.15, -0.1) is 0 Å². The molecule has 1 aromatic heterocycles. The Morgan fingerprint density at radius 1 is 1.12 bits per heavy atom. The number of hydrogen-bond acceptors (Lipinski definition) is 4. The fraction of sp³-hybridized carbons (Fsp3) is 0.250. The maximum atomic E-state index is 14.2. The van der Waals surface area contributed by atoms with E-state index < -0.39 is 17.4 Å². The van der Waals surface area contributed by atoms with Crippen molar-refractivity contribution in [1.29, 1.82) is 0 Å². The molecule has 128 valence electrons. The van der Waals surface area contributed by atoms with Gasteiger partial charge in [0.15, 0.2) is 0 Å². The zero-order chi connectivity index (χ0) is 18.1. The molecule has 0 spiro atoms. The molecule has 2 aromatic rings. The summed E-state index contributed by atoms with van der Waals surface area (Å²) in [5.41, 5.74) is -1.04. The van der Waals surface area contributed by atoms with Gasteiger partial charge in [-0.1, -0.05) is 34.8 Å². The van der Waals surface area contributed by atoms with Crippen molar-refractivity contribution >= 4 is 40.8 Å². The van der Waals surface area contributed by atoms with Crippen molar-refractivity contribution in [2.24, 2.45) is 0 Å². The Morgan fingerprint density at radius 2 is 1.79 bits per heavy atom. The minimum absolute atomic E-state index is 0.00154. The molecule has 24 heavy (non-hydrogen) atoms. The second kappa shape index (κ2) is 7.13. The Hall–Kier alpha value is -1.56. The number of esters is 1. The monoisotopic (exact) mass is 391 g/mol. The Bertz CT molecular complexity index is 791. The fourth-order valence-corrected chi connectivity index (χ4v) is 2.14. The van der Waals surface area contributed by atoms with Crippen LogP contribution in [0.25, 0.3) is 0 Å². The van der Waals surface area contributed by atoms with Crippen molar-refractivity contribution in [3.05, 3.63) is 51.0 Å². The van der Waals surface area contributed by atoms with Crippen molar-refractivity contribution in [3.63, 3.8) is 0 Å². The van der Waals surface area contributed by atoms with Gasteiger partial charge in [-0.2, -0.15) is 0 Å². The van der Waals surface area contributed by atoms with Crippen LogP contribution in [0.1, 0.15) is 31.1 Å². The van der Waals surface area contributed by atoms with Crippen molar-refractivity contribution in [2.45, 2.75) is 26.4 Å². The van der Waals surface area contributed by atoms with Gasteiger partial charge in [0.2, 0.25) is 0 Å². The lowest BCUT2D eigenvalue weighted by Crippen LogP contribution is -2.24. The summed E-state index contributed by atoms with van der Waals surface area (Å²) in [6.07, 6.45) is 1.31. The highest BCUT2D eigenvalue weighted by Gasteiger charge is 2.22. The van der Waals surface area contributed by atoms with Gasteiger partial charge in [-0.25, -0.2) is 14.2 Å². The molecular formula is C16H13Cl3FNO3. The third-order valence-corrected chi connectivity index (χ3v) is 3.62. The van der Waals surface area contributed by atoms with Crippen LogP contribution in [-0.2, 0) is 4.74 Å². The number of aromatic nitrogens is 1. The topological polar surface area (TPSA) is 48.4 Å². The lowest BCUT2D eigenvalue weighted by atomic mass is 10.1. The van der Waals surface area contributed by atoms with Crippen LogP contribution >= 0.6 is 34.8 Å². The number of carbonyl (C=O) groups excluding carboxylic acids is 1. The summed E-state index contributed by atoms with van der Waals surface area (Å²) >= 11 is 17.6. The highest BCUT2D eigenvalue weighted by molar-refractivity contribution is 6.41. The first-order chi connectivity index (χ1) is 11.1. The van der Waals surface area contributed by atoms with Gasteiger partial charge in [-0.05, 0) is 26.8 Å². The lowest BCUT2D eigenvalue weighted by Gasteiger charge is -2.20. The third-order valence-electron chi connectivity index (χ3n) is 2.64. The molecule has 1 heterocycles. The number of hydrogen-bond donors (Lipinski definition) is 0. The summed E-state index contributed by atoms with van der Waals surface area (Å²) in [5.74, 6) is -1.42. The number of benzene rings is 1. The third kappa shape index (κ3) is 4.72. The van der Waals surface area contributed by atoms with Crippen LogP contribution in [0.15, 0.2) is 24.4 Å². The molecule has 1 aromatic carbocycles. The van der Waals surface area contributed by atoms with E-state index in [2.05, 4.69) is 4.98 Å². The highest BCUT2D eigenvalue weighted by Crippen LogP contribution is 2.34. The van der Waals surface area contributed by atoms with Crippen LogP contribution in [0.3, 0.4) is 0 Å². The van der Waals surface area contributed by atoms with Gasteiger partial charge in [0.1, 0.15) is 28.1 Å². The van der Waals surface area contributed by atoms with Crippen LogP contribution in [0, 0.1) is 5.82 Å². The number of nitrogens with zero attached hydrogens (tertiary/aromatic N) is 1. The summed E-state index contributed by atoms with van der Waals surface area (Å²) in [7, 11) is 0. The second-order valence-electron chi connectivity index (χ2n) is 5.81. The number of carbonyl (C=O) groups is 1. The molecule has 2 rings (SSSR count). The summed E-state index contributed by atoms with van der Waals surface area (Å²) < 4.78 is 24.8. The van der Waals surface area contributed by atoms with Crippen LogP contribution in [0.2, 0.25) is 15.2 Å². The van der Waals surface area contributed by atoms with E-state index in [9.17, 15) is 9.18 Å².